The summed E-state index contributed by atoms with van der Waals surface area (Å²) >= 11 is 0. The van der Waals surface area contributed by atoms with E-state index in [4.69, 9.17) is 10.3 Å². The number of rotatable bonds is 6. The van der Waals surface area contributed by atoms with Crippen LogP contribution in [0.1, 0.15) is 28.2 Å². The second-order valence-electron chi connectivity index (χ2n) is 9.29. The first-order chi connectivity index (χ1) is 18.0. The van der Waals surface area contributed by atoms with Crippen molar-refractivity contribution in [3.63, 3.8) is 0 Å². The summed E-state index contributed by atoms with van der Waals surface area (Å²) in [5.74, 6) is -0.941. The van der Waals surface area contributed by atoms with Crippen LogP contribution in [0.25, 0.3) is 21.6 Å². The predicted octanol–water partition coefficient (Wildman–Crippen LogP) is 5.64. The number of anilines is 1. The van der Waals surface area contributed by atoms with Gasteiger partial charge in [0.1, 0.15) is 6.61 Å². The van der Waals surface area contributed by atoms with Gasteiger partial charge >= 0.3 is 12.1 Å². The van der Waals surface area contributed by atoms with E-state index >= 15 is 0 Å². The first kappa shape index (κ1) is 24.2. The van der Waals surface area contributed by atoms with Gasteiger partial charge in [-0.15, -0.1) is 0 Å². The summed E-state index contributed by atoms with van der Waals surface area (Å²) in [6.45, 7) is 4.19. The van der Waals surface area contributed by atoms with Gasteiger partial charge in [-0.05, 0) is 58.0 Å². The number of fused-ring (bicyclic) bond motifs is 3. The van der Waals surface area contributed by atoms with E-state index in [1.165, 1.54) is 22.3 Å². The summed E-state index contributed by atoms with van der Waals surface area (Å²) in [4.78, 5) is 30.9. The van der Waals surface area contributed by atoms with E-state index in [9.17, 15) is 14.7 Å². The third kappa shape index (κ3) is 4.81. The molecule has 0 aromatic heterocycles. The van der Waals surface area contributed by atoms with Crippen molar-refractivity contribution in [2.45, 2.75) is 19.3 Å². The van der Waals surface area contributed by atoms with Crippen LogP contribution in [0.5, 0.6) is 0 Å². The Kier molecular flexibility index (Phi) is 6.70. The zero-order chi connectivity index (χ0) is 25.9. The Morgan fingerprint density at radius 3 is 2.24 bits per heavy atom. The van der Waals surface area contributed by atoms with Crippen molar-refractivity contribution >= 4 is 23.4 Å². The van der Waals surface area contributed by atoms with Crippen LogP contribution in [0.15, 0.2) is 65.8 Å². The summed E-state index contributed by atoms with van der Waals surface area (Å²) in [6, 6.07) is 19.9. The number of carboxylic acids is 1. The van der Waals surface area contributed by atoms with Crippen molar-refractivity contribution in [3.8, 4) is 11.1 Å². The Morgan fingerprint density at radius 1 is 1.03 bits per heavy atom. The number of piperazine rings is 1. The number of ether oxygens (including phenoxy) is 1. The van der Waals surface area contributed by atoms with Crippen LogP contribution in [-0.4, -0.2) is 54.9 Å². The van der Waals surface area contributed by atoms with Gasteiger partial charge in [-0.3, -0.25) is 4.79 Å². The maximum Gasteiger partial charge on any atom is 0.409 e. The Hall–Kier alpha value is -4.49. The molecule has 1 amide bonds. The molecule has 0 saturated carbocycles. The van der Waals surface area contributed by atoms with Gasteiger partial charge in [0.15, 0.2) is 0 Å². The van der Waals surface area contributed by atoms with Gasteiger partial charge in [-0.2, -0.15) is 0 Å². The van der Waals surface area contributed by atoms with Crippen LogP contribution >= 0.6 is 0 Å². The van der Waals surface area contributed by atoms with Crippen LogP contribution in [0.2, 0.25) is 0 Å². The van der Waals surface area contributed by atoms with Gasteiger partial charge in [0.05, 0.1) is 6.42 Å². The average Bonchev–Trinajstić information content (AvgIpc) is 3.23. The summed E-state index contributed by atoms with van der Waals surface area (Å²) in [7, 11) is 0. The fourth-order valence-corrected chi connectivity index (χ4v) is 5.34. The quantitative estimate of drug-likeness (QED) is 0.269. The SMILES string of the molecule is Cc1c(CC(=O)O)cc(N=[N+]=[N-])cc1N1CCN(C(=O)OCC2c3ccccc3-c3ccccc32)CC1. The molecule has 37 heavy (non-hydrogen) atoms. The first-order valence-corrected chi connectivity index (χ1v) is 12.2. The van der Waals surface area contributed by atoms with Crippen LogP contribution < -0.4 is 4.90 Å². The second kappa shape index (κ2) is 10.2. The molecule has 0 unspecified atom stereocenters. The standard InChI is InChI=1S/C28H27N5O4/c1-18-19(15-27(34)35)14-20(30-31-29)16-26(18)32-10-12-33(13-11-32)28(36)37-17-25-23-8-4-2-6-21(23)22-7-3-5-9-24(22)25/h2-9,14,16,25H,10-13,15,17H2,1H3,(H,34,35). The minimum absolute atomic E-state index is 0.0105. The Morgan fingerprint density at radius 2 is 1.65 bits per heavy atom. The molecular formula is C28H27N5O4. The van der Waals surface area contributed by atoms with Gasteiger partial charge in [0.2, 0.25) is 0 Å². The fourth-order valence-electron chi connectivity index (χ4n) is 5.34. The van der Waals surface area contributed by atoms with Crippen molar-refractivity contribution < 1.29 is 19.4 Å². The molecule has 2 aliphatic rings. The van der Waals surface area contributed by atoms with E-state index in [-0.39, 0.29) is 25.0 Å². The maximum absolute atomic E-state index is 13.0. The number of azide groups is 1. The van der Waals surface area contributed by atoms with Gasteiger partial charge in [0.25, 0.3) is 0 Å². The normalized spacial score (nSPS) is 14.5. The minimum Gasteiger partial charge on any atom is -0.481 e. The Bertz CT molecular complexity index is 1360. The minimum atomic E-state index is -0.952. The van der Waals surface area contributed by atoms with Crippen LogP contribution in [-0.2, 0) is 16.0 Å². The summed E-state index contributed by atoms with van der Waals surface area (Å²) in [5, 5.41) is 13.0. The molecule has 188 valence electrons. The van der Waals surface area contributed by atoms with E-state index < -0.39 is 5.97 Å². The lowest BCUT2D eigenvalue weighted by Crippen LogP contribution is -2.49. The number of hydrogen-bond donors (Lipinski definition) is 1. The predicted molar refractivity (Wildman–Crippen MR) is 140 cm³/mol. The Balaban J connectivity index is 1.25. The molecular weight excluding hydrogens is 470 g/mol. The Labute approximate surface area is 214 Å². The maximum atomic E-state index is 13.0. The number of amides is 1. The molecule has 0 atom stereocenters. The molecule has 3 aromatic rings. The van der Waals surface area contributed by atoms with Gasteiger partial charge < -0.3 is 19.6 Å². The third-order valence-corrected chi connectivity index (χ3v) is 7.19. The third-order valence-electron chi connectivity index (χ3n) is 7.19. The molecule has 1 aliphatic carbocycles. The van der Waals surface area contributed by atoms with Crippen molar-refractivity contribution in [2.24, 2.45) is 5.11 Å². The number of carboxylic acid groups (broad SMARTS) is 1. The highest BCUT2D eigenvalue weighted by molar-refractivity contribution is 5.79. The number of aliphatic carboxylic acids is 1. The van der Waals surface area contributed by atoms with Crippen molar-refractivity contribution in [1.29, 1.82) is 0 Å². The van der Waals surface area contributed by atoms with Crippen LogP contribution in [0, 0.1) is 6.92 Å². The number of carbonyl (C=O) groups excluding carboxylic acids is 1. The largest absolute Gasteiger partial charge is 0.481 e. The molecule has 1 saturated heterocycles. The molecule has 0 radical (unpaired) electrons. The highest BCUT2D eigenvalue weighted by atomic mass is 16.6. The lowest BCUT2D eigenvalue weighted by Gasteiger charge is -2.36. The molecule has 5 rings (SSSR count). The van der Waals surface area contributed by atoms with Crippen molar-refractivity contribution in [2.75, 3.05) is 37.7 Å². The molecule has 0 spiro atoms. The average molecular weight is 498 g/mol. The molecule has 0 bridgehead atoms. The first-order valence-electron chi connectivity index (χ1n) is 12.2. The summed E-state index contributed by atoms with van der Waals surface area (Å²) in [6.07, 6.45) is -0.500. The van der Waals surface area contributed by atoms with E-state index in [2.05, 4.69) is 39.2 Å². The fraction of sp³-hybridized carbons (Fsp3) is 0.286. The van der Waals surface area contributed by atoms with E-state index in [0.717, 1.165) is 11.3 Å². The van der Waals surface area contributed by atoms with Gasteiger partial charge in [0, 0.05) is 48.4 Å². The smallest absolute Gasteiger partial charge is 0.409 e. The number of nitrogens with zero attached hydrogens (tertiary/aromatic N) is 5. The molecule has 9 heteroatoms. The number of carbonyl (C=O) groups is 2. The van der Waals surface area contributed by atoms with Crippen LogP contribution in [0.3, 0.4) is 0 Å². The summed E-state index contributed by atoms with van der Waals surface area (Å²) in [5.41, 5.74) is 16.2. The highest BCUT2D eigenvalue weighted by Crippen LogP contribution is 2.44. The van der Waals surface area contributed by atoms with E-state index in [0.29, 0.717) is 37.4 Å². The lowest BCUT2D eigenvalue weighted by atomic mass is 9.98. The molecule has 1 fully saturated rings. The van der Waals surface area contributed by atoms with E-state index in [1.54, 1.807) is 17.0 Å². The molecule has 3 aromatic carbocycles. The molecule has 1 heterocycles. The molecule has 1 N–H and O–H groups in total. The number of benzene rings is 3. The zero-order valence-corrected chi connectivity index (χ0v) is 20.5. The topological polar surface area (TPSA) is 119 Å². The molecule has 1 aliphatic heterocycles. The van der Waals surface area contributed by atoms with Crippen molar-refractivity contribution in [3.05, 3.63) is 93.4 Å². The summed E-state index contributed by atoms with van der Waals surface area (Å²) < 4.78 is 5.81. The lowest BCUT2D eigenvalue weighted by molar-refractivity contribution is -0.136. The highest BCUT2D eigenvalue weighted by Gasteiger charge is 2.30. The number of hydrogen-bond acceptors (Lipinski definition) is 5. The van der Waals surface area contributed by atoms with E-state index in [1.807, 2.05) is 31.2 Å². The van der Waals surface area contributed by atoms with Gasteiger partial charge in [-0.25, -0.2) is 4.79 Å². The second-order valence-corrected chi connectivity index (χ2v) is 9.29. The van der Waals surface area contributed by atoms with Crippen molar-refractivity contribution in [1.82, 2.24) is 4.90 Å². The van der Waals surface area contributed by atoms with Gasteiger partial charge in [-0.1, -0.05) is 53.6 Å². The zero-order valence-electron chi connectivity index (χ0n) is 20.5. The monoisotopic (exact) mass is 497 g/mol. The van der Waals surface area contributed by atoms with Crippen LogP contribution in [0.4, 0.5) is 16.2 Å². The molecule has 9 nitrogen and oxygen atoms in total.